The van der Waals surface area contributed by atoms with Crippen LogP contribution < -0.4 is 0 Å². The summed E-state index contributed by atoms with van der Waals surface area (Å²) in [6.45, 7) is 2.06. The van der Waals surface area contributed by atoms with Crippen LogP contribution in [0.25, 0.3) is 5.70 Å². The summed E-state index contributed by atoms with van der Waals surface area (Å²) < 4.78 is 0. The lowest BCUT2D eigenvalue weighted by atomic mass is 10.1. The molecule has 1 fully saturated rings. The lowest BCUT2D eigenvalue weighted by Crippen LogP contribution is -2.18. The van der Waals surface area contributed by atoms with Crippen molar-refractivity contribution in [2.75, 3.05) is 13.1 Å². The molecular formula is C19H19NO. The van der Waals surface area contributed by atoms with Crippen LogP contribution in [0.2, 0.25) is 0 Å². The molecule has 0 atom stereocenters. The van der Waals surface area contributed by atoms with E-state index >= 15 is 0 Å². The number of carbonyl (C=O) groups is 1. The summed E-state index contributed by atoms with van der Waals surface area (Å²) in [6.07, 6.45) is 4.18. The molecule has 0 bridgehead atoms. The van der Waals surface area contributed by atoms with Gasteiger partial charge in [-0.1, -0.05) is 60.7 Å². The van der Waals surface area contributed by atoms with Crippen LogP contribution >= 0.6 is 0 Å². The number of allylic oxidation sites excluding steroid dienone is 1. The quantitative estimate of drug-likeness (QED) is 0.622. The largest absolute Gasteiger partial charge is 0.371 e. The Kier molecular flexibility index (Phi) is 4.15. The average molecular weight is 277 g/mol. The molecule has 2 heteroatoms. The normalized spacial score (nSPS) is 15.2. The van der Waals surface area contributed by atoms with Crippen LogP contribution in [0.3, 0.4) is 0 Å². The summed E-state index contributed by atoms with van der Waals surface area (Å²) in [7, 11) is 0. The van der Waals surface area contributed by atoms with Gasteiger partial charge >= 0.3 is 0 Å². The third kappa shape index (κ3) is 3.22. The Morgan fingerprint density at radius 3 is 1.90 bits per heavy atom. The highest BCUT2D eigenvalue weighted by molar-refractivity contribution is 6.08. The monoisotopic (exact) mass is 277 g/mol. The van der Waals surface area contributed by atoms with E-state index in [0.29, 0.717) is 0 Å². The van der Waals surface area contributed by atoms with Crippen LogP contribution in [0, 0.1) is 0 Å². The smallest absolute Gasteiger partial charge is 0.187 e. The molecule has 0 aliphatic carbocycles. The molecule has 0 spiro atoms. The van der Waals surface area contributed by atoms with Gasteiger partial charge in [0.15, 0.2) is 5.78 Å². The fourth-order valence-electron chi connectivity index (χ4n) is 2.73. The van der Waals surface area contributed by atoms with Gasteiger partial charge in [0.05, 0.1) is 0 Å². The molecule has 2 nitrogen and oxygen atoms in total. The van der Waals surface area contributed by atoms with E-state index in [1.54, 1.807) is 6.08 Å². The molecule has 1 aliphatic heterocycles. The van der Waals surface area contributed by atoms with Gasteiger partial charge in [-0.05, 0) is 18.4 Å². The first-order valence-corrected chi connectivity index (χ1v) is 7.46. The van der Waals surface area contributed by atoms with Crippen LogP contribution in [0.15, 0.2) is 66.7 Å². The van der Waals surface area contributed by atoms with E-state index in [1.165, 1.54) is 12.8 Å². The molecule has 106 valence electrons. The van der Waals surface area contributed by atoms with Gasteiger partial charge < -0.3 is 4.90 Å². The minimum Gasteiger partial charge on any atom is -0.371 e. The second-order valence-electron chi connectivity index (χ2n) is 5.32. The standard InChI is InChI=1S/C19H19NO/c21-19(17-11-5-2-6-12-17)15-18(20-13-7-8-14-20)16-9-3-1-4-10-16/h1-6,9-12,15H,7-8,13-14H2/b18-15-. The van der Waals surface area contributed by atoms with Crippen LogP contribution in [0.1, 0.15) is 28.8 Å². The number of carbonyl (C=O) groups excluding carboxylic acids is 1. The second kappa shape index (κ2) is 6.40. The van der Waals surface area contributed by atoms with Gasteiger partial charge in [0.25, 0.3) is 0 Å². The Morgan fingerprint density at radius 2 is 1.33 bits per heavy atom. The van der Waals surface area contributed by atoms with Crippen molar-refractivity contribution in [1.29, 1.82) is 0 Å². The third-order valence-electron chi connectivity index (χ3n) is 3.84. The van der Waals surface area contributed by atoms with E-state index < -0.39 is 0 Å². The van der Waals surface area contributed by atoms with Gasteiger partial charge in [-0.15, -0.1) is 0 Å². The van der Waals surface area contributed by atoms with Crippen LogP contribution in [0.4, 0.5) is 0 Å². The zero-order chi connectivity index (χ0) is 14.5. The minimum absolute atomic E-state index is 0.0707. The summed E-state index contributed by atoms with van der Waals surface area (Å²) in [5.41, 5.74) is 2.90. The zero-order valence-corrected chi connectivity index (χ0v) is 12.0. The highest BCUT2D eigenvalue weighted by Crippen LogP contribution is 2.24. The van der Waals surface area contributed by atoms with Crippen molar-refractivity contribution in [3.63, 3.8) is 0 Å². The first kappa shape index (κ1) is 13.6. The van der Waals surface area contributed by atoms with Crippen molar-refractivity contribution in [1.82, 2.24) is 4.90 Å². The maximum atomic E-state index is 12.5. The maximum Gasteiger partial charge on any atom is 0.187 e. The number of hydrogen-bond acceptors (Lipinski definition) is 2. The van der Waals surface area contributed by atoms with Crippen molar-refractivity contribution < 1.29 is 4.79 Å². The van der Waals surface area contributed by atoms with E-state index in [0.717, 1.165) is 29.9 Å². The van der Waals surface area contributed by atoms with Gasteiger partial charge in [-0.2, -0.15) is 0 Å². The predicted octanol–water partition coefficient (Wildman–Crippen LogP) is 4.01. The molecule has 3 rings (SSSR count). The zero-order valence-electron chi connectivity index (χ0n) is 12.0. The first-order valence-electron chi connectivity index (χ1n) is 7.46. The topological polar surface area (TPSA) is 20.3 Å². The number of ketones is 1. The van der Waals surface area contributed by atoms with Gasteiger partial charge in [0.2, 0.25) is 0 Å². The molecule has 2 aromatic rings. The number of hydrogen-bond donors (Lipinski definition) is 0. The van der Waals surface area contributed by atoms with Crippen LogP contribution in [-0.2, 0) is 0 Å². The summed E-state index contributed by atoms with van der Waals surface area (Å²) >= 11 is 0. The fraction of sp³-hybridized carbons (Fsp3) is 0.211. The average Bonchev–Trinajstić information content (AvgIpc) is 3.08. The molecule has 0 N–H and O–H groups in total. The van der Waals surface area contributed by atoms with E-state index in [9.17, 15) is 4.79 Å². The molecule has 1 saturated heterocycles. The summed E-state index contributed by atoms with van der Waals surface area (Å²) in [5.74, 6) is 0.0707. The summed E-state index contributed by atoms with van der Waals surface area (Å²) in [6, 6.07) is 19.7. The highest BCUT2D eigenvalue weighted by atomic mass is 16.1. The predicted molar refractivity (Wildman–Crippen MR) is 86.0 cm³/mol. The number of likely N-dealkylation sites (tertiary alicyclic amines) is 1. The Morgan fingerprint density at radius 1 is 0.810 bits per heavy atom. The Bertz CT molecular complexity index is 625. The first-order chi connectivity index (χ1) is 10.3. The van der Waals surface area contributed by atoms with Gasteiger partial charge in [-0.3, -0.25) is 4.79 Å². The van der Waals surface area contributed by atoms with Crippen molar-refractivity contribution in [2.45, 2.75) is 12.8 Å². The van der Waals surface area contributed by atoms with Crippen molar-refractivity contribution >= 4 is 11.5 Å². The minimum atomic E-state index is 0.0707. The lowest BCUT2D eigenvalue weighted by Gasteiger charge is -2.21. The lowest BCUT2D eigenvalue weighted by molar-refractivity contribution is 0.104. The molecular weight excluding hydrogens is 258 g/mol. The Balaban J connectivity index is 1.95. The van der Waals surface area contributed by atoms with Gasteiger partial charge in [0.1, 0.15) is 0 Å². The third-order valence-corrected chi connectivity index (χ3v) is 3.84. The molecule has 0 amide bonds. The fourth-order valence-corrected chi connectivity index (χ4v) is 2.73. The number of benzene rings is 2. The van der Waals surface area contributed by atoms with E-state index in [1.807, 2.05) is 48.5 Å². The van der Waals surface area contributed by atoms with Crippen molar-refractivity contribution in [2.24, 2.45) is 0 Å². The molecule has 21 heavy (non-hydrogen) atoms. The molecule has 0 saturated carbocycles. The van der Waals surface area contributed by atoms with Gasteiger partial charge in [0, 0.05) is 30.4 Å². The van der Waals surface area contributed by atoms with Gasteiger partial charge in [-0.25, -0.2) is 0 Å². The SMILES string of the molecule is O=C(/C=C(/c1ccccc1)N1CCCC1)c1ccccc1. The van der Waals surface area contributed by atoms with Crippen LogP contribution in [-0.4, -0.2) is 23.8 Å². The second-order valence-corrected chi connectivity index (χ2v) is 5.32. The molecule has 1 heterocycles. The van der Waals surface area contributed by atoms with Crippen LogP contribution in [0.5, 0.6) is 0 Å². The molecule has 0 unspecified atom stereocenters. The Labute approximate surface area is 125 Å². The molecule has 1 aliphatic rings. The molecule has 2 aromatic carbocycles. The van der Waals surface area contributed by atoms with E-state index in [2.05, 4.69) is 17.0 Å². The highest BCUT2D eigenvalue weighted by Gasteiger charge is 2.17. The van der Waals surface area contributed by atoms with E-state index in [-0.39, 0.29) is 5.78 Å². The number of rotatable bonds is 4. The molecule has 0 radical (unpaired) electrons. The number of nitrogens with zero attached hydrogens (tertiary/aromatic N) is 1. The van der Waals surface area contributed by atoms with Crippen molar-refractivity contribution in [3.05, 3.63) is 77.9 Å². The van der Waals surface area contributed by atoms with E-state index in [4.69, 9.17) is 0 Å². The Hall–Kier alpha value is -2.35. The molecule has 0 aromatic heterocycles. The summed E-state index contributed by atoms with van der Waals surface area (Å²) in [4.78, 5) is 14.8. The summed E-state index contributed by atoms with van der Waals surface area (Å²) in [5, 5.41) is 0. The van der Waals surface area contributed by atoms with Crippen molar-refractivity contribution in [3.8, 4) is 0 Å². The maximum absolute atomic E-state index is 12.5.